The van der Waals surface area contributed by atoms with Crippen LogP contribution in [0.5, 0.6) is 11.5 Å². The standard InChI is InChI=1S/C22H23NO4S/c1-22(2)14-20(19-6-4-5-7-21(19)27-22)23-28(24,25)18-11-9-15-12-17(26-3)10-8-16(15)13-18/h4-13,20,23H,14H2,1-3H3. The number of ether oxygens (including phenoxy) is 2. The minimum atomic E-state index is -3.70. The first-order valence-corrected chi connectivity index (χ1v) is 10.6. The third-order valence-electron chi connectivity index (χ3n) is 5.00. The van der Waals surface area contributed by atoms with Crippen molar-refractivity contribution < 1.29 is 17.9 Å². The molecule has 0 amide bonds. The maximum atomic E-state index is 13.1. The van der Waals surface area contributed by atoms with E-state index in [-0.39, 0.29) is 10.9 Å². The van der Waals surface area contributed by atoms with Crippen molar-refractivity contribution in [2.45, 2.75) is 36.8 Å². The number of para-hydroxylation sites is 1. The van der Waals surface area contributed by atoms with Gasteiger partial charge in [0.2, 0.25) is 10.0 Å². The van der Waals surface area contributed by atoms with Crippen LogP contribution in [0, 0.1) is 0 Å². The van der Waals surface area contributed by atoms with Gasteiger partial charge in [-0.3, -0.25) is 0 Å². The Balaban J connectivity index is 1.68. The number of hydrogen-bond donors (Lipinski definition) is 1. The van der Waals surface area contributed by atoms with Crippen LogP contribution < -0.4 is 14.2 Å². The molecule has 3 aromatic rings. The fourth-order valence-corrected chi connectivity index (χ4v) is 4.91. The summed E-state index contributed by atoms with van der Waals surface area (Å²) in [5.41, 5.74) is 0.400. The summed E-state index contributed by atoms with van der Waals surface area (Å²) in [5.74, 6) is 1.46. The van der Waals surface area contributed by atoms with Gasteiger partial charge in [-0.1, -0.05) is 30.3 Å². The van der Waals surface area contributed by atoms with E-state index in [9.17, 15) is 8.42 Å². The number of fused-ring (bicyclic) bond motifs is 2. The zero-order valence-electron chi connectivity index (χ0n) is 16.1. The normalized spacial score (nSPS) is 18.3. The lowest BCUT2D eigenvalue weighted by molar-refractivity contribution is 0.0702. The molecule has 1 atom stereocenters. The van der Waals surface area contributed by atoms with E-state index in [2.05, 4.69) is 4.72 Å². The quantitative estimate of drug-likeness (QED) is 0.707. The average molecular weight is 397 g/mol. The van der Waals surface area contributed by atoms with Crippen LogP contribution in [0.1, 0.15) is 31.9 Å². The lowest BCUT2D eigenvalue weighted by Crippen LogP contribution is -2.41. The van der Waals surface area contributed by atoms with Crippen molar-refractivity contribution in [2.75, 3.05) is 7.11 Å². The molecule has 1 unspecified atom stereocenters. The van der Waals surface area contributed by atoms with Gasteiger partial charge in [-0.05, 0) is 55.0 Å². The highest BCUT2D eigenvalue weighted by Crippen LogP contribution is 2.40. The van der Waals surface area contributed by atoms with E-state index in [4.69, 9.17) is 9.47 Å². The molecule has 1 aliphatic rings. The Morgan fingerprint density at radius 2 is 1.75 bits per heavy atom. The van der Waals surface area contributed by atoms with Crippen LogP contribution in [0.15, 0.2) is 65.6 Å². The van der Waals surface area contributed by atoms with Gasteiger partial charge in [0.1, 0.15) is 17.1 Å². The van der Waals surface area contributed by atoms with Crippen LogP contribution in [-0.2, 0) is 10.0 Å². The monoisotopic (exact) mass is 397 g/mol. The van der Waals surface area contributed by atoms with Gasteiger partial charge in [-0.2, -0.15) is 0 Å². The van der Waals surface area contributed by atoms with Crippen LogP contribution in [0.3, 0.4) is 0 Å². The third-order valence-corrected chi connectivity index (χ3v) is 6.47. The second-order valence-electron chi connectivity index (χ2n) is 7.65. The summed E-state index contributed by atoms with van der Waals surface area (Å²) in [7, 11) is -2.09. The molecule has 0 spiro atoms. The molecule has 5 nitrogen and oxygen atoms in total. The Hall–Kier alpha value is -2.57. The number of rotatable bonds is 4. The van der Waals surface area contributed by atoms with E-state index < -0.39 is 15.6 Å². The van der Waals surface area contributed by atoms with Crippen LogP contribution in [-0.4, -0.2) is 21.1 Å². The molecule has 0 aliphatic carbocycles. The molecule has 1 N–H and O–H groups in total. The topological polar surface area (TPSA) is 64.6 Å². The SMILES string of the molecule is COc1ccc2cc(S(=O)(=O)NC3CC(C)(C)Oc4ccccc43)ccc2c1. The molecule has 0 aromatic heterocycles. The predicted octanol–water partition coefficient (Wildman–Crippen LogP) is 4.43. The Bertz CT molecular complexity index is 1140. The molecule has 6 heteroatoms. The van der Waals surface area contributed by atoms with E-state index in [1.807, 2.05) is 56.3 Å². The zero-order valence-corrected chi connectivity index (χ0v) is 16.9. The first-order valence-electron chi connectivity index (χ1n) is 9.15. The minimum Gasteiger partial charge on any atom is -0.497 e. The van der Waals surface area contributed by atoms with E-state index in [1.54, 1.807) is 25.3 Å². The van der Waals surface area contributed by atoms with Crippen molar-refractivity contribution in [1.82, 2.24) is 4.72 Å². The van der Waals surface area contributed by atoms with Crippen molar-refractivity contribution in [3.05, 3.63) is 66.2 Å². The van der Waals surface area contributed by atoms with E-state index in [0.29, 0.717) is 6.42 Å². The highest BCUT2D eigenvalue weighted by molar-refractivity contribution is 7.89. The molecule has 4 rings (SSSR count). The van der Waals surface area contributed by atoms with E-state index in [1.165, 1.54) is 0 Å². The summed E-state index contributed by atoms with van der Waals surface area (Å²) in [5, 5.41) is 1.77. The van der Waals surface area contributed by atoms with Gasteiger partial charge in [-0.25, -0.2) is 13.1 Å². The summed E-state index contributed by atoms with van der Waals surface area (Å²) in [6, 6.07) is 17.9. The Morgan fingerprint density at radius 3 is 2.54 bits per heavy atom. The van der Waals surface area contributed by atoms with Crippen LogP contribution in [0.25, 0.3) is 10.8 Å². The van der Waals surface area contributed by atoms with Gasteiger partial charge in [0.05, 0.1) is 18.0 Å². The average Bonchev–Trinajstić information content (AvgIpc) is 2.66. The summed E-state index contributed by atoms with van der Waals surface area (Å²) >= 11 is 0. The number of nitrogens with one attached hydrogen (secondary N) is 1. The van der Waals surface area contributed by atoms with Crippen molar-refractivity contribution >= 4 is 20.8 Å². The predicted molar refractivity (Wildman–Crippen MR) is 109 cm³/mol. The maximum Gasteiger partial charge on any atom is 0.241 e. The maximum absolute atomic E-state index is 13.1. The molecule has 0 saturated heterocycles. The number of sulfonamides is 1. The lowest BCUT2D eigenvalue weighted by Gasteiger charge is -2.37. The fraction of sp³-hybridized carbons (Fsp3) is 0.273. The lowest BCUT2D eigenvalue weighted by atomic mass is 9.90. The molecule has 1 aliphatic heterocycles. The largest absolute Gasteiger partial charge is 0.497 e. The number of benzene rings is 3. The molecule has 3 aromatic carbocycles. The number of methoxy groups -OCH3 is 1. The molecule has 0 bridgehead atoms. The van der Waals surface area contributed by atoms with Crippen molar-refractivity contribution in [2.24, 2.45) is 0 Å². The summed E-state index contributed by atoms with van der Waals surface area (Å²) in [6.45, 7) is 3.93. The van der Waals surface area contributed by atoms with Crippen LogP contribution >= 0.6 is 0 Å². The van der Waals surface area contributed by atoms with Gasteiger partial charge in [0.15, 0.2) is 0 Å². The van der Waals surface area contributed by atoms with Gasteiger partial charge in [0.25, 0.3) is 0 Å². The fourth-order valence-electron chi connectivity index (χ4n) is 3.66. The van der Waals surface area contributed by atoms with Crippen molar-refractivity contribution in [3.8, 4) is 11.5 Å². The molecule has 1 heterocycles. The minimum absolute atomic E-state index is 0.243. The Kier molecular flexibility index (Phi) is 4.56. The van der Waals surface area contributed by atoms with Crippen LogP contribution in [0.2, 0.25) is 0 Å². The molecule has 0 radical (unpaired) electrons. The van der Waals surface area contributed by atoms with E-state index in [0.717, 1.165) is 27.8 Å². The van der Waals surface area contributed by atoms with Crippen molar-refractivity contribution in [1.29, 1.82) is 0 Å². The molecule has 28 heavy (non-hydrogen) atoms. The Labute approximate surface area is 165 Å². The smallest absolute Gasteiger partial charge is 0.241 e. The number of hydrogen-bond acceptors (Lipinski definition) is 4. The van der Waals surface area contributed by atoms with E-state index >= 15 is 0 Å². The second kappa shape index (κ2) is 6.79. The first-order chi connectivity index (χ1) is 13.3. The second-order valence-corrected chi connectivity index (χ2v) is 9.37. The Morgan fingerprint density at radius 1 is 1.04 bits per heavy atom. The molecule has 0 saturated carbocycles. The van der Waals surface area contributed by atoms with Crippen molar-refractivity contribution in [3.63, 3.8) is 0 Å². The van der Waals surface area contributed by atoms with Gasteiger partial charge >= 0.3 is 0 Å². The highest BCUT2D eigenvalue weighted by atomic mass is 32.2. The summed E-state index contributed by atoms with van der Waals surface area (Å²) < 4.78 is 40.3. The van der Waals surface area contributed by atoms with Gasteiger partial charge < -0.3 is 9.47 Å². The molecule has 0 fully saturated rings. The summed E-state index contributed by atoms with van der Waals surface area (Å²) in [6.07, 6.45) is 0.550. The van der Waals surface area contributed by atoms with Gasteiger partial charge in [-0.15, -0.1) is 0 Å². The molecule has 146 valence electrons. The first kappa shape index (κ1) is 18.8. The van der Waals surface area contributed by atoms with Crippen LogP contribution in [0.4, 0.5) is 0 Å². The zero-order chi connectivity index (χ0) is 19.9. The molecular formula is C22H23NO4S. The third kappa shape index (κ3) is 3.57. The summed E-state index contributed by atoms with van der Waals surface area (Å²) in [4.78, 5) is 0.243. The van der Waals surface area contributed by atoms with Gasteiger partial charge in [0, 0.05) is 12.0 Å². The highest BCUT2D eigenvalue weighted by Gasteiger charge is 2.35. The molecular weight excluding hydrogens is 374 g/mol.